The molecule has 0 bridgehead atoms. The fraction of sp³-hybridized carbons (Fsp3) is 0.306. The molecule has 4 heterocycles. The first-order valence-electron chi connectivity index (χ1n) is 15.7. The maximum absolute atomic E-state index is 11.5. The number of amides is 1. The molecule has 15 heteroatoms. The molecule has 264 valence electrons. The fourth-order valence-corrected chi connectivity index (χ4v) is 7.12. The summed E-state index contributed by atoms with van der Waals surface area (Å²) in [6.45, 7) is 2.60. The van der Waals surface area contributed by atoms with Gasteiger partial charge < -0.3 is 43.6 Å². The monoisotopic (exact) mass is 807 g/mol. The summed E-state index contributed by atoms with van der Waals surface area (Å²) in [5, 5.41) is 4.01. The van der Waals surface area contributed by atoms with Crippen LogP contribution in [0.4, 0.5) is 0 Å². The normalized spacial score (nSPS) is 15.3. The Morgan fingerprint density at radius 3 is 2.61 bits per heavy atom. The van der Waals surface area contributed by atoms with Crippen LogP contribution in [0.25, 0.3) is 33.4 Å². The van der Waals surface area contributed by atoms with E-state index in [1.807, 2.05) is 30.3 Å². The van der Waals surface area contributed by atoms with Crippen molar-refractivity contribution in [1.82, 2.24) is 34.3 Å². The van der Waals surface area contributed by atoms with Crippen molar-refractivity contribution in [1.29, 1.82) is 0 Å². The summed E-state index contributed by atoms with van der Waals surface area (Å²) < 4.78 is 8.11. The standard InChI is InChI=1S/C28H26Cl2N3O2.C8H7N4O2.2Mn/c1-35-28-26-19(9-10-25(26)33-14-12-18(16-33)11-13-31-17-34)15-24(32-28)22-7-4-6-21(27(22)30)20-5-2-3-8-23(20)29;1-11-6-5(3-9-4-10-6)7(13)12(2)8(11)14;;/h2-7,15,25H,9-14,16H2,1H3,(H,31,34);4H,1-2H3;;/q-3;-1;2*+2/t25-;;;/m1.../s1. The number of pyridine rings is 1. The minimum Gasteiger partial charge on any atom is -0.532 e. The number of nitrogens with one attached hydrogen (secondary N) is 1. The number of ether oxygens (including phenoxy) is 1. The Hall–Kier alpha value is -3.54. The number of rotatable bonds is 8. The van der Waals surface area contributed by atoms with Crippen LogP contribution < -0.4 is 21.3 Å². The van der Waals surface area contributed by atoms with Crippen molar-refractivity contribution >= 4 is 40.6 Å². The van der Waals surface area contributed by atoms with E-state index in [1.54, 1.807) is 26.6 Å². The van der Waals surface area contributed by atoms with E-state index < -0.39 is 11.2 Å². The second-order valence-electron chi connectivity index (χ2n) is 11.8. The minimum absolute atomic E-state index is 0. The number of nitrogens with zero attached hydrogens (tertiary/aromatic N) is 6. The zero-order valence-electron chi connectivity index (χ0n) is 28.0. The van der Waals surface area contributed by atoms with Crippen LogP contribution in [-0.4, -0.2) is 62.1 Å². The van der Waals surface area contributed by atoms with E-state index in [9.17, 15) is 14.4 Å². The Balaban J connectivity index is 0.000000307. The predicted molar refractivity (Wildman–Crippen MR) is 188 cm³/mol. The van der Waals surface area contributed by atoms with Crippen LogP contribution in [0.3, 0.4) is 0 Å². The van der Waals surface area contributed by atoms with E-state index in [0.29, 0.717) is 28.1 Å². The van der Waals surface area contributed by atoms with E-state index in [4.69, 9.17) is 32.9 Å². The SMILES string of the molecule is COc1nc(-c2cccc(-c3ccc[c-]c3Cl)c2Cl)cc2c1[C@H](N1CC[C-](CCN[C-]=O)C1)CC2.Cn1c(=O)c2[c-]ncnc2n(C)c1=O.[Mn+2].[Mn+2]. The van der Waals surface area contributed by atoms with Crippen molar-refractivity contribution in [3.63, 3.8) is 0 Å². The molecule has 2 aliphatic rings. The van der Waals surface area contributed by atoms with Crippen molar-refractivity contribution in [2.45, 2.75) is 31.7 Å². The third-order valence-corrected chi connectivity index (χ3v) is 9.76. The molecule has 1 N–H and O–H groups in total. The number of aromatic nitrogens is 5. The molecule has 0 spiro atoms. The molecule has 1 aliphatic carbocycles. The summed E-state index contributed by atoms with van der Waals surface area (Å²) in [7, 11) is 4.64. The summed E-state index contributed by atoms with van der Waals surface area (Å²) in [4.78, 5) is 48.3. The van der Waals surface area contributed by atoms with E-state index in [2.05, 4.69) is 38.5 Å². The molecule has 0 unspecified atom stereocenters. The summed E-state index contributed by atoms with van der Waals surface area (Å²) >= 11 is 13.3. The minimum atomic E-state index is -0.427. The molecule has 0 saturated carbocycles. The van der Waals surface area contributed by atoms with Gasteiger partial charge in [0.1, 0.15) is 0 Å². The van der Waals surface area contributed by atoms with Crippen LogP contribution in [-0.2, 0) is 59.4 Å². The zero-order chi connectivity index (χ0) is 34.7. The fourth-order valence-electron chi connectivity index (χ4n) is 6.57. The second kappa shape index (κ2) is 17.8. The van der Waals surface area contributed by atoms with Crippen molar-refractivity contribution in [3.05, 3.63) is 109 Å². The molecule has 7 rings (SSSR count). The Morgan fingerprint density at radius 1 is 1.10 bits per heavy atom. The average Bonchev–Trinajstić information content (AvgIpc) is 3.77. The first-order chi connectivity index (χ1) is 23.7. The third kappa shape index (κ3) is 8.26. The largest absolute Gasteiger partial charge is 2.00 e. The van der Waals surface area contributed by atoms with E-state index >= 15 is 0 Å². The first kappa shape index (κ1) is 40.2. The molecule has 5 aromatic rings. The van der Waals surface area contributed by atoms with Gasteiger partial charge in [-0.2, -0.15) is 43.5 Å². The molecule has 1 amide bonds. The van der Waals surface area contributed by atoms with Gasteiger partial charge in [0.15, 0.2) is 5.56 Å². The van der Waals surface area contributed by atoms with Crippen molar-refractivity contribution in [2.75, 3.05) is 26.7 Å². The second-order valence-corrected chi connectivity index (χ2v) is 12.6. The molecular formula is C36H33Cl2Mn2N7O4. The summed E-state index contributed by atoms with van der Waals surface area (Å²) in [5.74, 6) is 2.13. The predicted octanol–water partition coefficient (Wildman–Crippen LogP) is 4.67. The quantitative estimate of drug-likeness (QED) is 0.104. The van der Waals surface area contributed by atoms with E-state index in [0.717, 1.165) is 65.7 Å². The molecule has 11 nitrogen and oxygen atoms in total. The smallest absolute Gasteiger partial charge is 0.532 e. The van der Waals surface area contributed by atoms with Crippen molar-refractivity contribution < 1.29 is 43.7 Å². The number of carbonyl (C=O) groups excluding carboxylic acids is 1. The molecule has 2 radical (unpaired) electrons. The first-order valence-corrected chi connectivity index (χ1v) is 16.5. The Labute approximate surface area is 326 Å². The van der Waals surface area contributed by atoms with Crippen molar-refractivity contribution in [2.24, 2.45) is 14.1 Å². The number of hydrogen-bond acceptors (Lipinski definition) is 8. The summed E-state index contributed by atoms with van der Waals surface area (Å²) in [6.07, 6.45) is 9.49. The van der Waals surface area contributed by atoms with Crippen LogP contribution >= 0.6 is 23.2 Å². The van der Waals surface area contributed by atoms with Gasteiger partial charge in [0, 0.05) is 42.6 Å². The van der Waals surface area contributed by atoms with Crippen LogP contribution in [0.15, 0.2) is 58.4 Å². The number of halogens is 2. The summed E-state index contributed by atoms with van der Waals surface area (Å²) in [5.41, 5.74) is 5.26. The maximum atomic E-state index is 11.5. The zero-order valence-corrected chi connectivity index (χ0v) is 31.8. The molecular weight excluding hydrogens is 775 g/mol. The van der Waals surface area contributed by atoms with Gasteiger partial charge in [0.2, 0.25) is 5.88 Å². The molecule has 1 aliphatic heterocycles. The molecule has 1 saturated heterocycles. The average molecular weight is 808 g/mol. The number of methoxy groups -OCH3 is 1. The maximum Gasteiger partial charge on any atom is 2.00 e. The van der Waals surface area contributed by atoms with Crippen LogP contribution in [0.1, 0.15) is 36.4 Å². The number of benzene rings is 2. The van der Waals surface area contributed by atoms with E-state index in [1.165, 1.54) is 35.0 Å². The van der Waals surface area contributed by atoms with Gasteiger partial charge in [0.25, 0.3) is 0 Å². The number of hydrogen-bond donors (Lipinski definition) is 1. The van der Waals surface area contributed by atoms with Crippen LogP contribution in [0.2, 0.25) is 10.0 Å². The topological polar surface area (TPSA) is 124 Å². The number of aryl methyl sites for hydroxylation is 2. The van der Waals surface area contributed by atoms with Gasteiger partial charge in [-0.25, -0.2) is 9.78 Å². The van der Waals surface area contributed by atoms with Crippen LogP contribution in [0, 0.1) is 18.2 Å². The van der Waals surface area contributed by atoms with Gasteiger partial charge in [-0.05, 0) is 49.1 Å². The Bertz CT molecular complexity index is 2150. The molecule has 1 atom stereocenters. The van der Waals surface area contributed by atoms with Gasteiger partial charge in [-0.15, -0.1) is 23.7 Å². The Kier molecular flexibility index (Phi) is 14.0. The number of likely N-dealkylation sites (tertiary alicyclic amines) is 1. The third-order valence-electron chi connectivity index (χ3n) is 9.04. The molecule has 1 fully saturated rings. The van der Waals surface area contributed by atoms with Gasteiger partial charge >= 0.3 is 39.8 Å². The molecule has 3 aromatic heterocycles. The van der Waals surface area contributed by atoms with Gasteiger partial charge in [0.05, 0.1) is 18.5 Å². The van der Waals surface area contributed by atoms with E-state index in [-0.39, 0.29) is 45.6 Å². The van der Waals surface area contributed by atoms with Crippen molar-refractivity contribution in [3.8, 4) is 28.3 Å². The molecule has 51 heavy (non-hydrogen) atoms. The Morgan fingerprint density at radius 2 is 1.86 bits per heavy atom. The summed E-state index contributed by atoms with van der Waals surface area (Å²) in [6, 6.07) is 17.0. The van der Waals surface area contributed by atoms with Crippen LogP contribution in [0.5, 0.6) is 5.88 Å². The number of fused-ring (bicyclic) bond motifs is 2. The van der Waals surface area contributed by atoms with Gasteiger partial charge in [-0.3, -0.25) is 5.92 Å². The van der Waals surface area contributed by atoms with Gasteiger partial charge in [-0.1, -0.05) is 40.4 Å². The molecule has 2 aromatic carbocycles.